The van der Waals surface area contributed by atoms with Crippen LogP contribution in [0.1, 0.15) is 19.3 Å². The summed E-state index contributed by atoms with van der Waals surface area (Å²) >= 11 is 3.25. The summed E-state index contributed by atoms with van der Waals surface area (Å²) < 4.78 is 26.7. The van der Waals surface area contributed by atoms with Gasteiger partial charge in [0.25, 0.3) is 0 Å². The van der Waals surface area contributed by atoms with Crippen molar-refractivity contribution in [3.05, 3.63) is 22.7 Å². The van der Waals surface area contributed by atoms with Crippen LogP contribution in [0.4, 0.5) is 5.69 Å². The monoisotopic (exact) mass is 318 g/mol. The second-order valence-electron chi connectivity index (χ2n) is 4.29. The molecule has 0 saturated heterocycles. The van der Waals surface area contributed by atoms with Crippen molar-refractivity contribution < 1.29 is 8.42 Å². The van der Waals surface area contributed by atoms with Gasteiger partial charge in [0, 0.05) is 23.2 Å². The predicted molar refractivity (Wildman–Crippen MR) is 71.1 cm³/mol. The number of nitrogens with two attached hydrogens (primary N) is 1. The maximum atomic E-state index is 12.3. The lowest BCUT2D eigenvalue weighted by molar-refractivity contribution is 0.249. The lowest BCUT2D eigenvalue weighted by Crippen LogP contribution is -2.41. The Morgan fingerprint density at radius 3 is 2.53 bits per heavy atom. The minimum Gasteiger partial charge on any atom is -0.398 e. The van der Waals surface area contributed by atoms with Crippen LogP contribution in [0, 0.1) is 0 Å². The standard InChI is InChI=1S/C11H15BrN2O2S/c1-14(8-3-2-4-8)17(15,16)9-5-6-10(12)11(13)7-9/h5-8H,2-4,13H2,1H3. The number of nitrogen functional groups attached to an aromatic ring is 1. The number of nitrogens with zero attached hydrogens (tertiary/aromatic N) is 1. The zero-order chi connectivity index (χ0) is 12.6. The first-order valence-electron chi connectivity index (χ1n) is 5.46. The summed E-state index contributed by atoms with van der Waals surface area (Å²) in [5.41, 5.74) is 6.15. The van der Waals surface area contributed by atoms with Gasteiger partial charge in [0.15, 0.2) is 0 Å². The third-order valence-electron chi connectivity index (χ3n) is 3.23. The normalized spacial score (nSPS) is 17.1. The first-order chi connectivity index (χ1) is 7.93. The number of rotatable bonds is 3. The number of hydrogen-bond acceptors (Lipinski definition) is 3. The van der Waals surface area contributed by atoms with Gasteiger partial charge in [-0.2, -0.15) is 4.31 Å². The molecule has 1 saturated carbocycles. The van der Waals surface area contributed by atoms with Gasteiger partial charge < -0.3 is 5.73 Å². The molecule has 0 heterocycles. The van der Waals surface area contributed by atoms with Gasteiger partial charge in [0.1, 0.15) is 0 Å². The third kappa shape index (κ3) is 2.34. The van der Waals surface area contributed by atoms with Crippen molar-refractivity contribution in [1.29, 1.82) is 0 Å². The summed E-state index contributed by atoms with van der Waals surface area (Å²) in [6.07, 6.45) is 3.00. The van der Waals surface area contributed by atoms with Crippen LogP contribution in [0.15, 0.2) is 27.6 Å². The number of benzene rings is 1. The van der Waals surface area contributed by atoms with Crippen molar-refractivity contribution in [3.8, 4) is 0 Å². The quantitative estimate of drug-likeness (QED) is 0.869. The molecule has 94 valence electrons. The van der Waals surface area contributed by atoms with Crippen LogP contribution >= 0.6 is 15.9 Å². The molecule has 0 spiro atoms. The third-order valence-corrected chi connectivity index (χ3v) is 5.86. The molecular weight excluding hydrogens is 304 g/mol. The van der Waals surface area contributed by atoms with Crippen molar-refractivity contribution in [1.82, 2.24) is 4.31 Å². The van der Waals surface area contributed by atoms with E-state index in [0.717, 1.165) is 19.3 Å². The molecule has 0 amide bonds. The van der Waals surface area contributed by atoms with Crippen LogP contribution in [-0.4, -0.2) is 25.8 Å². The van der Waals surface area contributed by atoms with Gasteiger partial charge in [-0.05, 0) is 47.0 Å². The van der Waals surface area contributed by atoms with Gasteiger partial charge in [-0.3, -0.25) is 0 Å². The van der Waals surface area contributed by atoms with E-state index in [4.69, 9.17) is 5.73 Å². The largest absolute Gasteiger partial charge is 0.398 e. The van der Waals surface area contributed by atoms with Gasteiger partial charge >= 0.3 is 0 Å². The van der Waals surface area contributed by atoms with Crippen LogP contribution < -0.4 is 5.73 Å². The summed E-state index contributed by atoms with van der Waals surface area (Å²) in [5, 5.41) is 0. The summed E-state index contributed by atoms with van der Waals surface area (Å²) in [5.74, 6) is 0. The van der Waals surface area contributed by atoms with E-state index in [1.807, 2.05) is 0 Å². The Bertz CT molecular complexity index is 526. The first kappa shape index (κ1) is 12.9. The van der Waals surface area contributed by atoms with E-state index in [1.54, 1.807) is 19.2 Å². The summed E-state index contributed by atoms with van der Waals surface area (Å²) in [7, 11) is -1.77. The van der Waals surface area contributed by atoms with E-state index in [2.05, 4.69) is 15.9 Å². The van der Waals surface area contributed by atoms with E-state index in [9.17, 15) is 8.42 Å². The second-order valence-corrected chi connectivity index (χ2v) is 7.14. The van der Waals surface area contributed by atoms with Crippen LogP contribution in [0.25, 0.3) is 0 Å². The highest BCUT2D eigenvalue weighted by Gasteiger charge is 2.31. The first-order valence-corrected chi connectivity index (χ1v) is 7.69. The fourth-order valence-corrected chi connectivity index (χ4v) is 3.49. The molecule has 1 aliphatic rings. The molecular formula is C11H15BrN2O2S. The Balaban J connectivity index is 2.33. The smallest absolute Gasteiger partial charge is 0.243 e. The average Bonchev–Trinajstić information content (AvgIpc) is 2.19. The van der Waals surface area contributed by atoms with Gasteiger partial charge in [0.2, 0.25) is 10.0 Å². The molecule has 17 heavy (non-hydrogen) atoms. The zero-order valence-electron chi connectivity index (χ0n) is 9.56. The Kier molecular flexibility index (Phi) is 3.47. The molecule has 0 atom stereocenters. The van der Waals surface area contributed by atoms with Gasteiger partial charge in [-0.25, -0.2) is 8.42 Å². The van der Waals surface area contributed by atoms with Crippen molar-refractivity contribution in [2.45, 2.75) is 30.2 Å². The SMILES string of the molecule is CN(C1CCC1)S(=O)(=O)c1ccc(Br)c(N)c1. The van der Waals surface area contributed by atoms with Crippen molar-refractivity contribution in [2.24, 2.45) is 0 Å². The number of hydrogen-bond donors (Lipinski definition) is 1. The van der Waals surface area contributed by atoms with Crippen molar-refractivity contribution in [3.63, 3.8) is 0 Å². The highest BCUT2D eigenvalue weighted by atomic mass is 79.9. The van der Waals surface area contributed by atoms with Gasteiger partial charge in [0.05, 0.1) is 4.90 Å². The molecule has 0 bridgehead atoms. The van der Waals surface area contributed by atoms with E-state index >= 15 is 0 Å². The maximum absolute atomic E-state index is 12.3. The highest BCUT2D eigenvalue weighted by Crippen LogP contribution is 2.30. The fraction of sp³-hybridized carbons (Fsp3) is 0.455. The zero-order valence-corrected chi connectivity index (χ0v) is 12.0. The summed E-state index contributed by atoms with van der Waals surface area (Å²) in [4.78, 5) is 0.257. The molecule has 0 radical (unpaired) electrons. The van der Waals surface area contributed by atoms with Crippen molar-refractivity contribution in [2.75, 3.05) is 12.8 Å². The number of anilines is 1. The molecule has 0 aromatic heterocycles. The minimum atomic E-state index is -3.41. The molecule has 4 nitrogen and oxygen atoms in total. The molecule has 1 aromatic rings. The molecule has 2 N–H and O–H groups in total. The van der Waals surface area contributed by atoms with Crippen LogP contribution in [-0.2, 0) is 10.0 Å². The molecule has 2 rings (SSSR count). The lowest BCUT2D eigenvalue weighted by Gasteiger charge is -2.33. The van der Waals surface area contributed by atoms with E-state index < -0.39 is 10.0 Å². The maximum Gasteiger partial charge on any atom is 0.243 e. The summed E-state index contributed by atoms with van der Waals surface area (Å²) in [6, 6.07) is 4.88. The Morgan fingerprint density at radius 1 is 1.41 bits per heavy atom. The Morgan fingerprint density at radius 2 is 2.06 bits per heavy atom. The van der Waals surface area contributed by atoms with Gasteiger partial charge in [-0.1, -0.05) is 6.42 Å². The van der Waals surface area contributed by atoms with Crippen LogP contribution in [0.2, 0.25) is 0 Å². The molecule has 0 unspecified atom stereocenters. The van der Waals surface area contributed by atoms with E-state index in [-0.39, 0.29) is 10.9 Å². The summed E-state index contributed by atoms with van der Waals surface area (Å²) in [6.45, 7) is 0. The fourth-order valence-electron chi connectivity index (χ4n) is 1.80. The molecule has 1 aliphatic carbocycles. The average molecular weight is 319 g/mol. The molecule has 6 heteroatoms. The molecule has 1 fully saturated rings. The highest BCUT2D eigenvalue weighted by molar-refractivity contribution is 9.10. The Labute approximate surface area is 110 Å². The van der Waals surface area contributed by atoms with E-state index in [0.29, 0.717) is 10.2 Å². The lowest BCUT2D eigenvalue weighted by atomic mass is 9.94. The van der Waals surface area contributed by atoms with Crippen LogP contribution in [0.5, 0.6) is 0 Å². The topological polar surface area (TPSA) is 63.4 Å². The van der Waals surface area contributed by atoms with Crippen LogP contribution in [0.3, 0.4) is 0 Å². The number of sulfonamides is 1. The Hall–Kier alpha value is -0.590. The molecule has 1 aromatic carbocycles. The van der Waals surface area contributed by atoms with Crippen molar-refractivity contribution >= 4 is 31.6 Å². The number of halogens is 1. The van der Waals surface area contributed by atoms with Gasteiger partial charge in [-0.15, -0.1) is 0 Å². The predicted octanol–water partition coefficient (Wildman–Crippen LogP) is 2.20. The molecule has 0 aliphatic heterocycles. The second kappa shape index (κ2) is 4.59. The van der Waals surface area contributed by atoms with E-state index in [1.165, 1.54) is 10.4 Å². The minimum absolute atomic E-state index is 0.143.